The van der Waals surface area contributed by atoms with Crippen LogP contribution in [0.5, 0.6) is 0 Å². The van der Waals surface area contributed by atoms with Gasteiger partial charge >= 0.3 is 0 Å². The van der Waals surface area contributed by atoms with Crippen molar-refractivity contribution in [3.63, 3.8) is 0 Å². The van der Waals surface area contributed by atoms with Crippen LogP contribution in [-0.4, -0.2) is 26.5 Å². The first-order valence-corrected chi connectivity index (χ1v) is 7.50. The van der Waals surface area contributed by atoms with Crippen LogP contribution >= 0.6 is 11.8 Å². The molecular formula is C14H19N5S. The average Bonchev–Trinajstić information content (AvgIpc) is 2.44. The standard InChI is InChI=1S/C14H19N5S/c1-5-15-12-10(4)13(19-11(18-12)9(2)3)20-14-16-7-6-8-17-14/h6-9H,5H2,1-4H3,(H,15,18,19). The molecule has 2 rings (SSSR count). The van der Waals surface area contributed by atoms with Gasteiger partial charge in [0, 0.05) is 30.4 Å². The van der Waals surface area contributed by atoms with Gasteiger partial charge in [0.25, 0.3) is 0 Å². The van der Waals surface area contributed by atoms with Gasteiger partial charge in [0.15, 0.2) is 5.16 Å². The van der Waals surface area contributed by atoms with Crippen molar-refractivity contribution >= 4 is 17.6 Å². The van der Waals surface area contributed by atoms with Crippen LogP contribution in [0.4, 0.5) is 5.82 Å². The molecule has 106 valence electrons. The van der Waals surface area contributed by atoms with Crippen molar-refractivity contribution in [1.82, 2.24) is 19.9 Å². The molecule has 6 heteroatoms. The molecule has 1 N–H and O–H groups in total. The Balaban J connectivity index is 2.40. The van der Waals surface area contributed by atoms with Crippen LogP contribution in [0, 0.1) is 6.92 Å². The van der Waals surface area contributed by atoms with E-state index < -0.39 is 0 Å². The SMILES string of the molecule is CCNc1nc(C(C)C)nc(Sc2ncccn2)c1C. The highest BCUT2D eigenvalue weighted by molar-refractivity contribution is 7.99. The lowest BCUT2D eigenvalue weighted by Gasteiger charge is -2.13. The number of aromatic nitrogens is 4. The highest BCUT2D eigenvalue weighted by atomic mass is 32.2. The van der Waals surface area contributed by atoms with Crippen LogP contribution in [0.3, 0.4) is 0 Å². The highest BCUT2D eigenvalue weighted by Crippen LogP contribution is 2.30. The molecule has 0 aromatic carbocycles. The van der Waals surface area contributed by atoms with Crippen molar-refractivity contribution in [1.29, 1.82) is 0 Å². The average molecular weight is 289 g/mol. The van der Waals surface area contributed by atoms with E-state index in [0.717, 1.165) is 28.8 Å². The highest BCUT2D eigenvalue weighted by Gasteiger charge is 2.14. The summed E-state index contributed by atoms with van der Waals surface area (Å²) in [6, 6.07) is 1.81. The van der Waals surface area contributed by atoms with Crippen molar-refractivity contribution in [2.45, 2.75) is 43.8 Å². The third-order valence-electron chi connectivity index (χ3n) is 2.71. The topological polar surface area (TPSA) is 63.6 Å². The lowest BCUT2D eigenvalue weighted by molar-refractivity contribution is 0.747. The molecule has 0 aliphatic heterocycles. The Hall–Kier alpha value is -1.69. The van der Waals surface area contributed by atoms with Gasteiger partial charge < -0.3 is 5.32 Å². The second kappa shape index (κ2) is 6.65. The number of nitrogens with one attached hydrogen (secondary N) is 1. The smallest absolute Gasteiger partial charge is 0.193 e. The van der Waals surface area contributed by atoms with E-state index in [0.29, 0.717) is 5.16 Å². The first-order chi connectivity index (χ1) is 9.61. The second-order valence-electron chi connectivity index (χ2n) is 4.68. The van der Waals surface area contributed by atoms with Gasteiger partial charge in [-0.05, 0) is 31.7 Å². The van der Waals surface area contributed by atoms with Gasteiger partial charge in [-0.25, -0.2) is 19.9 Å². The molecule has 0 saturated carbocycles. The molecular weight excluding hydrogens is 270 g/mol. The molecule has 0 bridgehead atoms. The number of rotatable bonds is 5. The molecule has 2 heterocycles. The first-order valence-electron chi connectivity index (χ1n) is 6.69. The minimum Gasteiger partial charge on any atom is -0.370 e. The van der Waals surface area contributed by atoms with Crippen LogP contribution in [0.2, 0.25) is 0 Å². The van der Waals surface area contributed by atoms with E-state index in [2.05, 4.69) is 46.0 Å². The number of nitrogens with zero attached hydrogens (tertiary/aromatic N) is 4. The van der Waals surface area contributed by atoms with Crippen molar-refractivity contribution in [3.8, 4) is 0 Å². The molecule has 0 fully saturated rings. The maximum atomic E-state index is 4.64. The molecule has 0 aliphatic carbocycles. The predicted octanol–water partition coefficient (Wildman–Crippen LogP) is 3.28. The largest absolute Gasteiger partial charge is 0.370 e. The predicted molar refractivity (Wildman–Crippen MR) is 81.2 cm³/mol. The van der Waals surface area contributed by atoms with Crippen LogP contribution in [0.25, 0.3) is 0 Å². The van der Waals surface area contributed by atoms with E-state index >= 15 is 0 Å². The molecule has 0 unspecified atom stereocenters. The second-order valence-corrected chi connectivity index (χ2v) is 5.63. The lowest BCUT2D eigenvalue weighted by atomic mass is 10.2. The van der Waals surface area contributed by atoms with Crippen LogP contribution < -0.4 is 5.32 Å². The summed E-state index contributed by atoms with van der Waals surface area (Å²) in [4.78, 5) is 17.7. The third-order valence-corrected chi connectivity index (χ3v) is 3.69. The normalized spacial score (nSPS) is 10.8. The summed E-state index contributed by atoms with van der Waals surface area (Å²) in [5.41, 5.74) is 1.04. The van der Waals surface area contributed by atoms with Gasteiger partial charge in [0.2, 0.25) is 0 Å². The van der Waals surface area contributed by atoms with Gasteiger partial charge in [-0.1, -0.05) is 13.8 Å². The Bertz CT molecular complexity index is 571. The number of anilines is 1. The van der Waals surface area contributed by atoms with E-state index in [1.165, 1.54) is 11.8 Å². The number of hydrogen-bond donors (Lipinski definition) is 1. The monoisotopic (exact) mass is 289 g/mol. The van der Waals surface area contributed by atoms with E-state index in [9.17, 15) is 0 Å². The Morgan fingerprint density at radius 2 is 1.90 bits per heavy atom. The van der Waals surface area contributed by atoms with Crippen molar-refractivity contribution in [2.24, 2.45) is 0 Å². The quantitative estimate of drug-likeness (QED) is 0.673. The summed E-state index contributed by atoms with van der Waals surface area (Å²) in [6.07, 6.45) is 3.47. The summed E-state index contributed by atoms with van der Waals surface area (Å²) in [5.74, 6) is 2.01. The summed E-state index contributed by atoms with van der Waals surface area (Å²) in [6.45, 7) is 9.10. The minimum atomic E-state index is 0.282. The van der Waals surface area contributed by atoms with Gasteiger partial charge in [0.05, 0.1) is 0 Å². The fraction of sp³-hybridized carbons (Fsp3) is 0.429. The van der Waals surface area contributed by atoms with Gasteiger partial charge in [-0.2, -0.15) is 0 Å². The van der Waals surface area contributed by atoms with E-state index in [1.807, 2.05) is 6.92 Å². The summed E-state index contributed by atoms with van der Waals surface area (Å²) in [5, 5.41) is 4.90. The van der Waals surface area contributed by atoms with Crippen molar-refractivity contribution in [2.75, 3.05) is 11.9 Å². The van der Waals surface area contributed by atoms with Gasteiger partial charge in [0.1, 0.15) is 16.7 Å². The van der Waals surface area contributed by atoms with Crippen LogP contribution in [-0.2, 0) is 0 Å². The number of hydrogen-bond acceptors (Lipinski definition) is 6. The fourth-order valence-corrected chi connectivity index (χ4v) is 2.42. The van der Waals surface area contributed by atoms with Crippen LogP contribution in [0.15, 0.2) is 28.6 Å². The third kappa shape index (κ3) is 3.45. The Morgan fingerprint density at radius 1 is 1.20 bits per heavy atom. The van der Waals surface area contributed by atoms with Crippen molar-refractivity contribution in [3.05, 3.63) is 29.8 Å². The lowest BCUT2D eigenvalue weighted by Crippen LogP contribution is -2.08. The molecule has 0 radical (unpaired) electrons. The first kappa shape index (κ1) is 14.7. The van der Waals surface area contributed by atoms with E-state index in [-0.39, 0.29) is 5.92 Å². The van der Waals surface area contributed by atoms with Gasteiger partial charge in [-0.3, -0.25) is 0 Å². The molecule has 2 aromatic rings. The molecule has 0 spiro atoms. The molecule has 5 nitrogen and oxygen atoms in total. The van der Waals surface area contributed by atoms with Crippen LogP contribution in [0.1, 0.15) is 38.1 Å². The molecule has 0 atom stereocenters. The molecule has 0 saturated heterocycles. The fourth-order valence-electron chi connectivity index (χ4n) is 1.63. The Labute approximate surface area is 123 Å². The van der Waals surface area contributed by atoms with Crippen molar-refractivity contribution < 1.29 is 0 Å². The maximum Gasteiger partial charge on any atom is 0.193 e. The maximum absolute atomic E-state index is 4.64. The zero-order valence-electron chi connectivity index (χ0n) is 12.2. The molecule has 0 amide bonds. The Kier molecular flexibility index (Phi) is 4.89. The summed E-state index contributed by atoms with van der Waals surface area (Å²) >= 11 is 1.47. The van der Waals surface area contributed by atoms with Gasteiger partial charge in [-0.15, -0.1) is 0 Å². The Morgan fingerprint density at radius 3 is 2.50 bits per heavy atom. The zero-order valence-corrected chi connectivity index (χ0v) is 13.0. The zero-order chi connectivity index (χ0) is 14.5. The molecule has 2 aromatic heterocycles. The summed E-state index contributed by atoms with van der Waals surface area (Å²) in [7, 11) is 0. The van der Waals surface area contributed by atoms with E-state index in [1.54, 1.807) is 18.5 Å². The summed E-state index contributed by atoms with van der Waals surface area (Å²) < 4.78 is 0. The molecule has 0 aliphatic rings. The minimum absolute atomic E-state index is 0.282. The van der Waals surface area contributed by atoms with E-state index in [4.69, 9.17) is 0 Å². The molecule has 20 heavy (non-hydrogen) atoms.